The molecule has 0 saturated carbocycles. The lowest BCUT2D eigenvalue weighted by atomic mass is 9.84. The summed E-state index contributed by atoms with van der Waals surface area (Å²) in [6.07, 6.45) is -1.74. The van der Waals surface area contributed by atoms with Crippen molar-refractivity contribution in [1.82, 2.24) is 0 Å². The van der Waals surface area contributed by atoms with Gasteiger partial charge in [0.05, 0.1) is 33.0 Å². The molecule has 2 saturated heterocycles. The number of phenolic OH excluding ortho intramolecular Hbond substituents is 2. The van der Waals surface area contributed by atoms with Crippen molar-refractivity contribution in [2.45, 2.75) is 18.5 Å². The summed E-state index contributed by atoms with van der Waals surface area (Å²) in [7, 11) is 2.97. The quantitative estimate of drug-likeness (QED) is 0.756. The standard InChI is InChI=1S/C20H22O7/c1-24-15-7-10(3-5-13(15)21)18-12-9-26-19(17(12)20(23)27-18)11-4-6-14(22)16(8-11)25-2/h3-8,12,17-23H,9H2,1-2H3/t12-,17-,18+,19-,20+/m1/s1. The minimum atomic E-state index is -0.993. The first-order valence-corrected chi connectivity index (χ1v) is 8.72. The number of methoxy groups -OCH3 is 2. The monoisotopic (exact) mass is 374 g/mol. The van der Waals surface area contributed by atoms with Gasteiger partial charge in [-0.1, -0.05) is 12.1 Å². The molecule has 2 heterocycles. The molecule has 0 amide bonds. The summed E-state index contributed by atoms with van der Waals surface area (Å²) < 4.78 is 22.2. The van der Waals surface area contributed by atoms with Crippen LogP contribution in [0.3, 0.4) is 0 Å². The Hall–Kier alpha value is -2.48. The maximum Gasteiger partial charge on any atom is 0.161 e. The lowest BCUT2D eigenvalue weighted by Gasteiger charge is -2.20. The summed E-state index contributed by atoms with van der Waals surface area (Å²) in [5.41, 5.74) is 1.62. The van der Waals surface area contributed by atoms with Gasteiger partial charge in [-0.2, -0.15) is 0 Å². The predicted octanol–water partition coefficient (Wildman–Crippen LogP) is 2.51. The third-order valence-corrected chi connectivity index (χ3v) is 5.38. The maximum absolute atomic E-state index is 10.6. The molecule has 2 aromatic rings. The average molecular weight is 374 g/mol. The second-order valence-corrected chi connectivity index (χ2v) is 6.80. The van der Waals surface area contributed by atoms with E-state index in [1.807, 2.05) is 0 Å². The first kappa shape index (κ1) is 17.9. The summed E-state index contributed by atoms with van der Waals surface area (Å²) in [4.78, 5) is 0. The van der Waals surface area contributed by atoms with Crippen molar-refractivity contribution in [3.05, 3.63) is 47.5 Å². The Morgan fingerprint density at radius 3 is 2.00 bits per heavy atom. The van der Waals surface area contributed by atoms with Gasteiger partial charge in [-0.15, -0.1) is 0 Å². The number of rotatable bonds is 4. The molecule has 144 valence electrons. The lowest BCUT2D eigenvalue weighted by Crippen LogP contribution is -2.22. The fraction of sp³-hybridized carbons (Fsp3) is 0.400. The van der Waals surface area contributed by atoms with Gasteiger partial charge in [0.25, 0.3) is 0 Å². The van der Waals surface area contributed by atoms with Gasteiger partial charge in [-0.25, -0.2) is 0 Å². The van der Waals surface area contributed by atoms with Crippen molar-refractivity contribution in [3.63, 3.8) is 0 Å². The molecule has 3 N–H and O–H groups in total. The van der Waals surface area contributed by atoms with Crippen LogP contribution in [0.5, 0.6) is 23.0 Å². The van der Waals surface area contributed by atoms with Crippen LogP contribution in [-0.2, 0) is 9.47 Å². The van der Waals surface area contributed by atoms with Crippen molar-refractivity contribution in [2.75, 3.05) is 20.8 Å². The van der Waals surface area contributed by atoms with E-state index in [-0.39, 0.29) is 35.5 Å². The third-order valence-electron chi connectivity index (χ3n) is 5.38. The van der Waals surface area contributed by atoms with Crippen LogP contribution in [0.25, 0.3) is 0 Å². The zero-order chi connectivity index (χ0) is 19.1. The summed E-state index contributed by atoms with van der Waals surface area (Å²) in [6, 6.07) is 10.0. The minimum Gasteiger partial charge on any atom is -0.504 e. The number of hydrogen-bond donors (Lipinski definition) is 3. The van der Waals surface area contributed by atoms with E-state index in [0.29, 0.717) is 18.1 Å². The van der Waals surface area contributed by atoms with Crippen LogP contribution in [-0.4, -0.2) is 42.4 Å². The molecule has 7 nitrogen and oxygen atoms in total. The van der Waals surface area contributed by atoms with Crippen molar-refractivity contribution in [3.8, 4) is 23.0 Å². The largest absolute Gasteiger partial charge is 0.504 e. The molecule has 0 aromatic heterocycles. The summed E-state index contributed by atoms with van der Waals surface area (Å²) in [5, 5.41) is 30.2. The van der Waals surface area contributed by atoms with Gasteiger partial charge in [0.15, 0.2) is 29.3 Å². The van der Waals surface area contributed by atoms with Gasteiger partial charge in [-0.3, -0.25) is 0 Å². The molecule has 2 aliphatic rings. The molecule has 0 spiro atoms. The smallest absolute Gasteiger partial charge is 0.161 e. The van der Waals surface area contributed by atoms with E-state index in [1.54, 1.807) is 36.4 Å². The van der Waals surface area contributed by atoms with Crippen LogP contribution in [0.2, 0.25) is 0 Å². The molecular weight excluding hydrogens is 352 g/mol. The summed E-state index contributed by atoms with van der Waals surface area (Å²) in [6.45, 7) is 0.420. The number of aliphatic hydroxyl groups is 1. The van der Waals surface area contributed by atoms with Gasteiger partial charge in [0.2, 0.25) is 0 Å². The normalized spacial score (nSPS) is 29.5. The van der Waals surface area contributed by atoms with E-state index in [1.165, 1.54) is 14.2 Å². The van der Waals surface area contributed by atoms with Gasteiger partial charge in [-0.05, 0) is 35.4 Å². The molecule has 2 fully saturated rings. The fourth-order valence-corrected chi connectivity index (χ4v) is 4.04. The Morgan fingerprint density at radius 2 is 1.44 bits per heavy atom. The van der Waals surface area contributed by atoms with Crippen molar-refractivity contribution < 1.29 is 34.3 Å². The van der Waals surface area contributed by atoms with Gasteiger partial charge in [0.1, 0.15) is 0 Å². The zero-order valence-electron chi connectivity index (χ0n) is 15.0. The summed E-state index contributed by atoms with van der Waals surface area (Å²) >= 11 is 0. The Bertz CT molecular complexity index is 786. The molecular formula is C20H22O7. The highest BCUT2D eigenvalue weighted by Gasteiger charge is 2.53. The highest BCUT2D eigenvalue weighted by molar-refractivity contribution is 5.44. The van der Waals surface area contributed by atoms with Crippen LogP contribution in [0.1, 0.15) is 23.3 Å². The molecule has 27 heavy (non-hydrogen) atoms. The maximum atomic E-state index is 10.6. The number of ether oxygens (including phenoxy) is 4. The Morgan fingerprint density at radius 1 is 0.889 bits per heavy atom. The Balaban J connectivity index is 1.63. The Labute approximate surface area is 156 Å². The van der Waals surface area contributed by atoms with Crippen molar-refractivity contribution >= 4 is 0 Å². The summed E-state index contributed by atoms with van der Waals surface area (Å²) in [5.74, 6) is 0.491. The minimum absolute atomic E-state index is 0.0492. The van der Waals surface area contributed by atoms with Crippen LogP contribution >= 0.6 is 0 Å². The van der Waals surface area contributed by atoms with Gasteiger partial charge >= 0.3 is 0 Å². The number of hydrogen-bond acceptors (Lipinski definition) is 7. The predicted molar refractivity (Wildman–Crippen MR) is 94.8 cm³/mol. The van der Waals surface area contributed by atoms with Crippen molar-refractivity contribution in [2.24, 2.45) is 11.8 Å². The van der Waals surface area contributed by atoms with Crippen LogP contribution in [0.4, 0.5) is 0 Å². The molecule has 0 radical (unpaired) electrons. The molecule has 0 bridgehead atoms. The van der Waals surface area contributed by atoms with E-state index in [2.05, 4.69) is 0 Å². The van der Waals surface area contributed by atoms with E-state index in [9.17, 15) is 15.3 Å². The van der Waals surface area contributed by atoms with Gasteiger partial charge in [0, 0.05) is 11.8 Å². The number of aromatic hydroxyl groups is 2. The van der Waals surface area contributed by atoms with Crippen LogP contribution in [0, 0.1) is 11.8 Å². The number of fused-ring (bicyclic) bond motifs is 1. The molecule has 7 heteroatoms. The average Bonchev–Trinajstić information content (AvgIpc) is 3.24. The molecule has 5 atom stereocenters. The second-order valence-electron chi connectivity index (χ2n) is 6.80. The Kier molecular flexibility index (Phi) is 4.59. The molecule has 2 aromatic carbocycles. The van der Waals surface area contributed by atoms with Gasteiger partial charge < -0.3 is 34.3 Å². The third kappa shape index (κ3) is 2.97. The lowest BCUT2D eigenvalue weighted by molar-refractivity contribution is -0.134. The zero-order valence-corrected chi connectivity index (χ0v) is 15.0. The first-order chi connectivity index (χ1) is 13.0. The van der Waals surface area contributed by atoms with Crippen LogP contribution < -0.4 is 9.47 Å². The fourth-order valence-electron chi connectivity index (χ4n) is 4.04. The SMILES string of the molecule is COc1cc([C@H]2OC[C@@H]3[C@H]2[C@@H](O)O[C@H]3c2ccc(O)c(OC)c2)ccc1O. The second kappa shape index (κ2) is 6.92. The number of benzene rings is 2. The van der Waals surface area contributed by atoms with E-state index >= 15 is 0 Å². The van der Waals surface area contributed by atoms with Crippen molar-refractivity contribution in [1.29, 1.82) is 0 Å². The topological polar surface area (TPSA) is 97.6 Å². The highest BCUT2D eigenvalue weighted by atomic mass is 16.6. The first-order valence-electron chi connectivity index (χ1n) is 8.72. The molecule has 0 unspecified atom stereocenters. The number of aliphatic hydroxyl groups excluding tert-OH is 1. The highest BCUT2D eigenvalue weighted by Crippen LogP contribution is 2.53. The van der Waals surface area contributed by atoms with Crippen LogP contribution in [0.15, 0.2) is 36.4 Å². The number of phenols is 2. The molecule has 2 aliphatic heterocycles. The molecule has 0 aliphatic carbocycles. The van der Waals surface area contributed by atoms with E-state index in [0.717, 1.165) is 11.1 Å². The molecule has 4 rings (SSSR count). The van der Waals surface area contributed by atoms with E-state index in [4.69, 9.17) is 18.9 Å². The van der Waals surface area contributed by atoms with E-state index < -0.39 is 6.29 Å².